The normalized spacial score (nSPS) is 12.5. The van der Waals surface area contributed by atoms with Gasteiger partial charge in [-0.05, 0) is 30.5 Å². The molecule has 0 aliphatic rings. The van der Waals surface area contributed by atoms with E-state index in [-0.39, 0.29) is 11.6 Å². The minimum absolute atomic E-state index is 0.226. The molecule has 1 rings (SSSR count). The van der Waals surface area contributed by atoms with Gasteiger partial charge in [-0.2, -0.15) is 0 Å². The lowest BCUT2D eigenvalue weighted by atomic mass is 10.0. The first kappa shape index (κ1) is 13.4. The van der Waals surface area contributed by atoms with Crippen molar-refractivity contribution < 1.29 is 9.90 Å². The summed E-state index contributed by atoms with van der Waals surface area (Å²) < 4.78 is 0. The highest BCUT2D eigenvalue weighted by Crippen LogP contribution is 2.22. The third-order valence-electron chi connectivity index (χ3n) is 2.86. The Balaban J connectivity index is 3.01. The predicted octanol–water partition coefficient (Wildman–Crippen LogP) is 2.81. The van der Waals surface area contributed by atoms with Crippen LogP contribution in [0, 0.1) is 5.92 Å². The molecule has 0 spiro atoms. The molecule has 0 fully saturated rings. The number of carboxylic acids is 1. The monoisotopic (exact) mass is 236 g/mol. The van der Waals surface area contributed by atoms with E-state index in [0.717, 1.165) is 6.42 Å². The van der Waals surface area contributed by atoms with Crippen LogP contribution in [0.4, 0.5) is 11.4 Å². The molecule has 0 saturated carbocycles. The topological polar surface area (TPSA) is 75.3 Å². The maximum Gasteiger partial charge on any atom is 0.337 e. The average molecular weight is 236 g/mol. The smallest absolute Gasteiger partial charge is 0.337 e. The Kier molecular flexibility index (Phi) is 4.37. The number of benzene rings is 1. The van der Waals surface area contributed by atoms with Crippen LogP contribution in [0.25, 0.3) is 0 Å². The van der Waals surface area contributed by atoms with Gasteiger partial charge in [0.25, 0.3) is 0 Å². The molecular formula is C13H20N2O2. The number of nitrogen functional groups attached to an aromatic ring is 1. The van der Waals surface area contributed by atoms with Crippen molar-refractivity contribution in [2.24, 2.45) is 5.92 Å². The van der Waals surface area contributed by atoms with Crippen LogP contribution in [0.2, 0.25) is 0 Å². The number of nitrogens with two attached hydrogens (primary N) is 1. The van der Waals surface area contributed by atoms with E-state index in [1.165, 1.54) is 6.07 Å². The van der Waals surface area contributed by atoms with E-state index in [1.807, 2.05) is 0 Å². The van der Waals surface area contributed by atoms with Crippen LogP contribution in [0.15, 0.2) is 18.2 Å². The third-order valence-corrected chi connectivity index (χ3v) is 2.86. The minimum Gasteiger partial charge on any atom is -0.478 e. The van der Waals surface area contributed by atoms with Crippen LogP contribution in [0.5, 0.6) is 0 Å². The number of anilines is 2. The van der Waals surface area contributed by atoms with Crippen molar-refractivity contribution in [2.75, 3.05) is 11.1 Å². The van der Waals surface area contributed by atoms with Gasteiger partial charge in [-0.3, -0.25) is 0 Å². The Morgan fingerprint density at radius 3 is 2.59 bits per heavy atom. The molecule has 1 unspecified atom stereocenters. The molecule has 0 aliphatic carbocycles. The maximum absolute atomic E-state index is 11.1. The van der Waals surface area contributed by atoms with Gasteiger partial charge in [0.1, 0.15) is 0 Å². The summed E-state index contributed by atoms with van der Waals surface area (Å²) in [5, 5.41) is 12.4. The van der Waals surface area contributed by atoms with Crippen molar-refractivity contribution in [3.05, 3.63) is 23.8 Å². The first-order valence-corrected chi connectivity index (χ1v) is 5.85. The molecule has 4 N–H and O–H groups in total. The zero-order chi connectivity index (χ0) is 13.0. The summed E-state index contributed by atoms with van der Waals surface area (Å²) >= 11 is 0. The van der Waals surface area contributed by atoms with Gasteiger partial charge in [-0.25, -0.2) is 4.79 Å². The van der Waals surface area contributed by atoms with E-state index >= 15 is 0 Å². The molecule has 0 heterocycles. The second kappa shape index (κ2) is 5.57. The number of carboxylic acid groups (broad SMARTS) is 1. The summed E-state index contributed by atoms with van der Waals surface area (Å²) in [4.78, 5) is 11.1. The molecule has 4 nitrogen and oxygen atoms in total. The molecule has 4 heteroatoms. The standard InChI is InChI=1S/C13H20N2O2/c1-4-11(8(2)3)15-12-6-5-9(14)7-10(12)13(16)17/h5-8,11,15H,4,14H2,1-3H3,(H,16,17). The van der Waals surface area contributed by atoms with Crippen LogP contribution in [0.1, 0.15) is 37.6 Å². The van der Waals surface area contributed by atoms with E-state index in [9.17, 15) is 4.79 Å². The van der Waals surface area contributed by atoms with Gasteiger partial charge in [-0.1, -0.05) is 20.8 Å². The van der Waals surface area contributed by atoms with Gasteiger partial charge in [0.05, 0.1) is 5.56 Å². The Morgan fingerprint density at radius 2 is 2.12 bits per heavy atom. The van der Waals surface area contributed by atoms with Gasteiger partial charge >= 0.3 is 5.97 Å². The summed E-state index contributed by atoms with van der Waals surface area (Å²) in [5.41, 5.74) is 6.92. The van der Waals surface area contributed by atoms with Crippen molar-refractivity contribution in [2.45, 2.75) is 33.2 Å². The lowest BCUT2D eigenvalue weighted by Gasteiger charge is -2.23. The SMILES string of the molecule is CCC(Nc1ccc(N)cc1C(=O)O)C(C)C. The molecule has 1 aromatic carbocycles. The molecule has 0 saturated heterocycles. The van der Waals surface area contributed by atoms with Gasteiger partial charge in [-0.15, -0.1) is 0 Å². The Morgan fingerprint density at radius 1 is 1.47 bits per heavy atom. The number of hydrogen-bond acceptors (Lipinski definition) is 3. The first-order valence-electron chi connectivity index (χ1n) is 5.85. The molecule has 0 bridgehead atoms. The summed E-state index contributed by atoms with van der Waals surface area (Å²) in [6.07, 6.45) is 0.946. The number of aromatic carboxylic acids is 1. The van der Waals surface area contributed by atoms with Crippen molar-refractivity contribution in [3.63, 3.8) is 0 Å². The quantitative estimate of drug-likeness (QED) is 0.687. The highest BCUT2D eigenvalue weighted by molar-refractivity contribution is 5.95. The number of carbonyl (C=O) groups is 1. The Hall–Kier alpha value is -1.71. The van der Waals surface area contributed by atoms with E-state index in [0.29, 0.717) is 17.3 Å². The van der Waals surface area contributed by atoms with Crippen LogP contribution in [-0.4, -0.2) is 17.1 Å². The van der Waals surface area contributed by atoms with Crippen molar-refractivity contribution in [1.29, 1.82) is 0 Å². The van der Waals surface area contributed by atoms with Crippen molar-refractivity contribution in [1.82, 2.24) is 0 Å². The van der Waals surface area contributed by atoms with E-state index in [1.54, 1.807) is 12.1 Å². The third kappa shape index (κ3) is 3.37. The predicted molar refractivity (Wildman–Crippen MR) is 70.4 cm³/mol. The fourth-order valence-electron chi connectivity index (χ4n) is 1.80. The van der Waals surface area contributed by atoms with Crippen LogP contribution >= 0.6 is 0 Å². The molecule has 1 atom stereocenters. The summed E-state index contributed by atoms with van der Waals surface area (Å²) in [6, 6.07) is 5.18. The Bertz CT molecular complexity index is 402. The maximum atomic E-state index is 11.1. The largest absolute Gasteiger partial charge is 0.478 e. The second-order valence-corrected chi connectivity index (χ2v) is 4.51. The number of nitrogens with one attached hydrogen (secondary N) is 1. The minimum atomic E-state index is -0.960. The summed E-state index contributed by atoms with van der Waals surface area (Å²) in [7, 11) is 0. The van der Waals surface area contributed by atoms with Gasteiger partial charge < -0.3 is 16.2 Å². The zero-order valence-corrected chi connectivity index (χ0v) is 10.5. The molecule has 94 valence electrons. The summed E-state index contributed by atoms with van der Waals surface area (Å²) in [5.74, 6) is -0.516. The van der Waals surface area contributed by atoms with E-state index in [2.05, 4.69) is 26.1 Å². The van der Waals surface area contributed by atoms with Crippen molar-refractivity contribution >= 4 is 17.3 Å². The van der Waals surface area contributed by atoms with Crippen LogP contribution in [-0.2, 0) is 0 Å². The molecule has 0 radical (unpaired) electrons. The number of rotatable bonds is 5. The average Bonchev–Trinajstić information content (AvgIpc) is 2.26. The highest BCUT2D eigenvalue weighted by Gasteiger charge is 2.15. The summed E-state index contributed by atoms with van der Waals surface area (Å²) in [6.45, 7) is 6.30. The van der Waals surface area contributed by atoms with Gasteiger partial charge in [0.15, 0.2) is 0 Å². The zero-order valence-electron chi connectivity index (χ0n) is 10.5. The fraction of sp³-hybridized carbons (Fsp3) is 0.462. The fourth-order valence-corrected chi connectivity index (χ4v) is 1.80. The second-order valence-electron chi connectivity index (χ2n) is 4.51. The van der Waals surface area contributed by atoms with Gasteiger partial charge in [0.2, 0.25) is 0 Å². The lowest BCUT2D eigenvalue weighted by Crippen LogP contribution is -2.25. The molecule has 0 aliphatic heterocycles. The van der Waals surface area contributed by atoms with Crippen LogP contribution < -0.4 is 11.1 Å². The van der Waals surface area contributed by atoms with Crippen LogP contribution in [0.3, 0.4) is 0 Å². The van der Waals surface area contributed by atoms with E-state index in [4.69, 9.17) is 10.8 Å². The highest BCUT2D eigenvalue weighted by atomic mass is 16.4. The molecule has 1 aromatic rings. The van der Waals surface area contributed by atoms with Crippen molar-refractivity contribution in [3.8, 4) is 0 Å². The lowest BCUT2D eigenvalue weighted by molar-refractivity contribution is 0.0698. The molecule has 0 amide bonds. The molecule has 17 heavy (non-hydrogen) atoms. The first-order chi connectivity index (χ1) is 7.95. The Labute approximate surface area is 102 Å². The molecular weight excluding hydrogens is 216 g/mol. The van der Waals surface area contributed by atoms with E-state index < -0.39 is 5.97 Å². The number of hydrogen-bond donors (Lipinski definition) is 3. The molecule has 0 aromatic heterocycles. The van der Waals surface area contributed by atoms with Gasteiger partial charge in [0, 0.05) is 17.4 Å².